The van der Waals surface area contributed by atoms with Crippen LogP contribution in [0.1, 0.15) is 11.1 Å². The average Bonchev–Trinajstić information content (AvgIpc) is 2.96. The molecular weight excluding hydrogens is 336 g/mol. The molecule has 0 bridgehead atoms. The Bertz CT molecular complexity index is 1070. The minimum Gasteiger partial charge on any atom is -0.480 e. The molecule has 0 saturated heterocycles. The van der Waals surface area contributed by atoms with Gasteiger partial charge in [0.05, 0.1) is 0 Å². The first kappa shape index (κ1) is 16.1. The molecule has 8 nitrogen and oxygen atoms in total. The fourth-order valence-corrected chi connectivity index (χ4v) is 3.30. The third kappa shape index (κ3) is 2.65. The number of nitrogens with zero attached hydrogens (tertiary/aromatic N) is 4. The molecule has 0 aliphatic carbocycles. The van der Waals surface area contributed by atoms with E-state index in [2.05, 4.69) is 5.10 Å². The van der Waals surface area contributed by atoms with E-state index in [4.69, 9.17) is 0 Å². The van der Waals surface area contributed by atoms with Gasteiger partial charge >= 0.3 is 11.7 Å². The summed E-state index contributed by atoms with van der Waals surface area (Å²) in [4.78, 5) is 38.1. The molecule has 3 heterocycles. The van der Waals surface area contributed by atoms with E-state index in [9.17, 15) is 19.5 Å². The third-order valence-corrected chi connectivity index (χ3v) is 4.63. The fraction of sp³-hybridized carbons (Fsp3) is 0.222. The van der Waals surface area contributed by atoms with Crippen molar-refractivity contribution in [1.29, 1.82) is 0 Å². The Kier molecular flexibility index (Phi) is 3.80. The van der Waals surface area contributed by atoms with Gasteiger partial charge in [0.15, 0.2) is 5.65 Å². The number of benzene rings is 1. The van der Waals surface area contributed by atoms with Crippen molar-refractivity contribution in [2.75, 3.05) is 0 Å². The van der Waals surface area contributed by atoms with Gasteiger partial charge in [-0.05, 0) is 23.3 Å². The maximum Gasteiger partial charge on any atom is 0.350 e. The number of aliphatic carboxylic acids is 1. The standard InChI is InChI=1S/C18H16N4O4/c23-16(11-22-18(26)20-8-4-3-7-15(20)19-22)21-10-13-6-2-1-5-12(13)9-14(21)17(24)25/h1-8,14H,9-11H2,(H,24,25)/t14-/m0/s1. The van der Waals surface area contributed by atoms with Gasteiger partial charge in [-0.1, -0.05) is 30.3 Å². The molecule has 3 aromatic rings. The highest BCUT2D eigenvalue weighted by Gasteiger charge is 2.34. The van der Waals surface area contributed by atoms with Crippen LogP contribution in [-0.2, 0) is 29.1 Å². The molecule has 1 N–H and O–H groups in total. The lowest BCUT2D eigenvalue weighted by molar-refractivity contribution is -0.151. The molecule has 0 unspecified atom stereocenters. The smallest absolute Gasteiger partial charge is 0.350 e. The van der Waals surface area contributed by atoms with Gasteiger partial charge < -0.3 is 10.0 Å². The van der Waals surface area contributed by atoms with Gasteiger partial charge in [0.25, 0.3) is 0 Å². The van der Waals surface area contributed by atoms with Crippen molar-refractivity contribution >= 4 is 17.5 Å². The number of carbonyl (C=O) groups is 2. The molecule has 1 aliphatic heterocycles. The highest BCUT2D eigenvalue weighted by atomic mass is 16.4. The number of hydrogen-bond donors (Lipinski definition) is 1. The summed E-state index contributed by atoms with van der Waals surface area (Å²) in [6.45, 7) is -0.0967. The number of pyridine rings is 1. The first-order valence-electron chi connectivity index (χ1n) is 8.18. The molecule has 132 valence electrons. The maximum absolute atomic E-state index is 12.8. The molecule has 8 heteroatoms. The summed E-state index contributed by atoms with van der Waals surface area (Å²) in [6, 6.07) is 11.6. The summed E-state index contributed by atoms with van der Waals surface area (Å²) in [6.07, 6.45) is 1.82. The number of aromatic nitrogens is 3. The molecule has 1 aromatic carbocycles. The minimum absolute atomic E-state index is 0.202. The van der Waals surface area contributed by atoms with Gasteiger partial charge in [0.2, 0.25) is 5.91 Å². The van der Waals surface area contributed by atoms with Crippen LogP contribution in [-0.4, -0.2) is 42.1 Å². The summed E-state index contributed by atoms with van der Waals surface area (Å²) >= 11 is 0. The van der Waals surface area contributed by atoms with Crippen LogP contribution >= 0.6 is 0 Å². The van der Waals surface area contributed by atoms with E-state index >= 15 is 0 Å². The summed E-state index contributed by atoms with van der Waals surface area (Å²) in [5, 5.41) is 13.7. The Morgan fingerprint density at radius 1 is 1.12 bits per heavy atom. The molecule has 1 atom stereocenters. The Labute approximate surface area is 147 Å². The predicted octanol–water partition coefficient (Wildman–Crippen LogP) is 0.534. The van der Waals surface area contributed by atoms with Crippen LogP contribution in [0.4, 0.5) is 0 Å². The quantitative estimate of drug-likeness (QED) is 0.742. The number of hydrogen-bond acceptors (Lipinski definition) is 4. The second-order valence-corrected chi connectivity index (χ2v) is 6.22. The second-order valence-electron chi connectivity index (χ2n) is 6.22. The fourth-order valence-electron chi connectivity index (χ4n) is 3.30. The Balaban J connectivity index is 1.64. The summed E-state index contributed by atoms with van der Waals surface area (Å²) < 4.78 is 2.41. The van der Waals surface area contributed by atoms with E-state index in [0.717, 1.165) is 15.8 Å². The van der Waals surface area contributed by atoms with Crippen molar-refractivity contribution in [3.05, 3.63) is 70.3 Å². The van der Waals surface area contributed by atoms with Gasteiger partial charge in [0.1, 0.15) is 12.6 Å². The highest BCUT2D eigenvalue weighted by Crippen LogP contribution is 2.23. The van der Waals surface area contributed by atoms with E-state index < -0.39 is 23.6 Å². The lowest BCUT2D eigenvalue weighted by atomic mass is 9.94. The lowest BCUT2D eigenvalue weighted by Gasteiger charge is -2.34. The molecule has 26 heavy (non-hydrogen) atoms. The van der Waals surface area contributed by atoms with Crippen LogP contribution in [0, 0.1) is 0 Å². The number of carboxylic acids is 1. The van der Waals surface area contributed by atoms with Crippen molar-refractivity contribution in [2.24, 2.45) is 0 Å². The van der Waals surface area contributed by atoms with Gasteiger partial charge in [0, 0.05) is 19.2 Å². The van der Waals surface area contributed by atoms with Crippen molar-refractivity contribution < 1.29 is 14.7 Å². The zero-order valence-corrected chi connectivity index (χ0v) is 13.8. The van der Waals surface area contributed by atoms with Crippen molar-refractivity contribution in [3.63, 3.8) is 0 Å². The zero-order valence-electron chi connectivity index (χ0n) is 13.8. The normalized spacial score (nSPS) is 16.5. The van der Waals surface area contributed by atoms with Gasteiger partial charge in [-0.25, -0.2) is 14.3 Å². The number of carboxylic acid groups (broad SMARTS) is 1. The van der Waals surface area contributed by atoms with E-state index in [1.165, 1.54) is 9.30 Å². The van der Waals surface area contributed by atoms with E-state index in [1.54, 1.807) is 24.4 Å². The topological polar surface area (TPSA) is 96.9 Å². The number of rotatable bonds is 3. The van der Waals surface area contributed by atoms with E-state index in [-0.39, 0.29) is 19.5 Å². The molecule has 4 rings (SSSR count). The molecule has 1 amide bonds. The molecule has 1 aliphatic rings. The minimum atomic E-state index is -1.06. The van der Waals surface area contributed by atoms with E-state index in [0.29, 0.717) is 5.65 Å². The zero-order chi connectivity index (χ0) is 18.3. The molecule has 0 spiro atoms. The Hall–Kier alpha value is -3.42. The average molecular weight is 352 g/mol. The predicted molar refractivity (Wildman–Crippen MR) is 91.6 cm³/mol. The number of carbonyl (C=O) groups excluding carboxylic acids is 1. The first-order chi connectivity index (χ1) is 12.5. The first-order valence-corrected chi connectivity index (χ1v) is 8.18. The van der Waals surface area contributed by atoms with Crippen molar-refractivity contribution in [1.82, 2.24) is 19.1 Å². The van der Waals surface area contributed by atoms with Crippen LogP contribution in [0.3, 0.4) is 0 Å². The summed E-state index contributed by atoms with van der Waals surface area (Å²) in [5.74, 6) is -1.51. The number of amides is 1. The van der Waals surface area contributed by atoms with Crippen LogP contribution < -0.4 is 5.69 Å². The van der Waals surface area contributed by atoms with Crippen LogP contribution in [0.25, 0.3) is 5.65 Å². The monoisotopic (exact) mass is 352 g/mol. The Morgan fingerprint density at radius 3 is 2.58 bits per heavy atom. The molecular formula is C18H16N4O4. The third-order valence-electron chi connectivity index (χ3n) is 4.63. The molecule has 0 saturated carbocycles. The van der Waals surface area contributed by atoms with Crippen LogP contribution in [0.2, 0.25) is 0 Å². The van der Waals surface area contributed by atoms with Gasteiger partial charge in [-0.2, -0.15) is 0 Å². The molecule has 2 aromatic heterocycles. The summed E-state index contributed by atoms with van der Waals surface area (Å²) in [5.41, 5.74) is 1.84. The SMILES string of the molecule is O=C(O)[C@@H]1Cc2ccccc2CN1C(=O)Cn1nc2ccccn2c1=O. The van der Waals surface area contributed by atoms with E-state index in [1.807, 2.05) is 24.3 Å². The van der Waals surface area contributed by atoms with Crippen LogP contribution in [0.5, 0.6) is 0 Å². The number of fused-ring (bicyclic) bond motifs is 2. The van der Waals surface area contributed by atoms with Gasteiger partial charge in [-0.15, -0.1) is 5.10 Å². The van der Waals surface area contributed by atoms with Crippen molar-refractivity contribution in [3.8, 4) is 0 Å². The van der Waals surface area contributed by atoms with Crippen LogP contribution in [0.15, 0.2) is 53.5 Å². The largest absolute Gasteiger partial charge is 0.480 e. The maximum atomic E-state index is 12.8. The van der Waals surface area contributed by atoms with Crippen molar-refractivity contribution in [2.45, 2.75) is 25.6 Å². The summed E-state index contributed by atoms with van der Waals surface area (Å²) in [7, 11) is 0. The van der Waals surface area contributed by atoms with Gasteiger partial charge in [-0.3, -0.25) is 9.20 Å². The molecule has 0 fully saturated rings. The lowest BCUT2D eigenvalue weighted by Crippen LogP contribution is -2.50. The molecule has 0 radical (unpaired) electrons. The Morgan fingerprint density at radius 2 is 1.85 bits per heavy atom. The second kappa shape index (κ2) is 6.14. The highest BCUT2D eigenvalue weighted by molar-refractivity contribution is 5.84.